The second kappa shape index (κ2) is 6.17. The Bertz CT molecular complexity index is 1200. The van der Waals surface area contributed by atoms with Crippen LogP contribution in [-0.2, 0) is 6.18 Å². The van der Waals surface area contributed by atoms with Gasteiger partial charge in [0.1, 0.15) is 5.01 Å². The summed E-state index contributed by atoms with van der Waals surface area (Å²) in [5.74, 6) is 0. The van der Waals surface area contributed by atoms with Crippen molar-refractivity contribution in [3.05, 3.63) is 59.5 Å². The summed E-state index contributed by atoms with van der Waals surface area (Å²) in [5.41, 5.74) is 1.07. The third-order valence-electron chi connectivity index (χ3n) is 4.01. The van der Waals surface area contributed by atoms with Crippen molar-refractivity contribution in [1.82, 2.24) is 19.6 Å². The Morgan fingerprint density at radius 3 is 2.67 bits per heavy atom. The van der Waals surface area contributed by atoms with Crippen LogP contribution in [0.1, 0.15) is 16.8 Å². The maximum atomic E-state index is 13.2. The van der Waals surface area contributed by atoms with E-state index in [-0.39, 0.29) is 11.3 Å². The largest absolute Gasteiger partial charge is 0.418 e. The smallest absolute Gasteiger partial charge is 0.260 e. The molecule has 134 valence electrons. The first-order valence-electron chi connectivity index (χ1n) is 7.76. The summed E-state index contributed by atoms with van der Waals surface area (Å²) in [5, 5.41) is 14.1. The maximum Gasteiger partial charge on any atom is 0.418 e. The normalized spacial score (nSPS) is 11.7. The fourth-order valence-corrected chi connectivity index (χ4v) is 3.56. The lowest BCUT2D eigenvalue weighted by Gasteiger charge is -2.10. The zero-order valence-electron chi connectivity index (χ0n) is 13.8. The molecule has 0 atom stereocenters. The number of hydrogen-bond donors (Lipinski definition) is 0. The van der Waals surface area contributed by atoms with Gasteiger partial charge in [-0.1, -0.05) is 23.5 Å². The number of nitrogens with zero attached hydrogens (tertiary/aromatic N) is 5. The number of imidazole rings is 1. The molecule has 0 N–H and O–H groups in total. The summed E-state index contributed by atoms with van der Waals surface area (Å²) in [6.07, 6.45) is -1.63. The lowest BCUT2D eigenvalue weighted by Crippen LogP contribution is -2.09. The van der Waals surface area contributed by atoms with E-state index in [0.29, 0.717) is 21.2 Å². The highest BCUT2D eigenvalue weighted by Gasteiger charge is 2.33. The number of pyridine rings is 1. The van der Waals surface area contributed by atoms with E-state index in [1.165, 1.54) is 35.2 Å². The van der Waals surface area contributed by atoms with Crippen molar-refractivity contribution in [3.8, 4) is 27.9 Å². The predicted octanol–water partition coefficient (Wildman–Crippen LogP) is 4.72. The van der Waals surface area contributed by atoms with Crippen LogP contribution < -0.4 is 0 Å². The molecule has 0 saturated heterocycles. The summed E-state index contributed by atoms with van der Waals surface area (Å²) in [4.78, 5) is 8.66. The van der Waals surface area contributed by atoms with Gasteiger partial charge >= 0.3 is 6.18 Å². The molecule has 0 spiro atoms. The number of hydrogen-bond acceptors (Lipinski definition) is 5. The van der Waals surface area contributed by atoms with Gasteiger partial charge in [-0.2, -0.15) is 23.5 Å². The van der Waals surface area contributed by atoms with Crippen LogP contribution in [0.2, 0.25) is 0 Å². The summed E-state index contributed by atoms with van der Waals surface area (Å²) in [7, 11) is 0. The molecule has 5 nitrogen and oxygen atoms in total. The Kier molecular flexibility index (Phi) is 3.93. The van der Waals surface area contributed by atoms with Crippen molar-refractivity contribution in [2.45, 2.75) is 13.1 Å². The average Bonchev–Trinajstić information content (AvgIpc) is 3.22. The van der Waals surface area contributed by atoms with Gasteiger partial charge in [0.05, 0.1) is 29.1 Å². The van der Waals surface area contributed by atoms with Gasteiger partial charge in [-0.3, -0.25) is 4.98 Å². The van der Waals surface area contributed by atoms with Crippen LogP contribution in [0.5, 0.6) is 0 Å². The monoisotopic (exact) mass is 385 g/mol. The molecule has 9 heteroatoms. The predicted molar refractivity (Wildman–Crippen MR) is 94.0 cm³/mol. The van der Waals surface area contributed by atoms with Crippen molar-refractivity contribution < 1.29 is 13.2 Å². The van der Waals surface area contributed by atoms with Crippen LogP contribution in [0.3, 0.4) is 0 Å². The van der Waals surface area contributed by atoms with E-state index < -0.39 is 11.7 Å². The van der Waals surface area contributed by atoms with Gasteiger partial charge in [0.15, 0.2) is 0 Å². The molecule has 3 aromatic heterocycles. The van der Waals surface area contributed by atoms with Gasteiger partial charge in [-0.25, -0.2) is 9.50 Å². The Hall–Kier alpha value is -3.25. The van der Waals surface area contributed by atoms with Gasteiger partial charge in [0, 0.05) is 23.0 Å². The van der Waals surface area contributed by atoms with Gasteiger partial charge in [-0.15, -0.1) is 0 Å². The fraction of sp³-hybridized carbons (Fsp3) is 0.111. The highest BCUT2D eigenvalue weighted by Crippen LogP contribution is 2.35. The molecule has 0 aliphatic carbocycles. The zero-order valence-corrected chi connectivity index (χ0v) is 14.6. The first-order valence-corrected chi connectivity index (χ1v) is 8.58. The summed E-state index contributed by atoms with van der Waals surface area (Å²) < 4.78 is 41.0. The second-order valence-corrected chi connectivity index (χ2v) is 6.75. The van der Waals surface area contributed by atoms with Gasteiger partial charge in [0.25, 0.3) is 0 Å². The Balaban J connectivity index is 1.83. The van der Waals surface area contributed by atoms with E-state index >= 15 is 0 Å². The minimum Gasteiger partial charge on any atom is -0.260 e. The third kappa shape index (κ3) is 3.04. The van der Waals surface area contributed by atoms with Gasteiger partial charge in [-0.05, 0) is 25.1 Å². The first-order chi connectivity index (χ1) is 12.9. The molecule has 3 heterocycles. The molecular formula is C18H10F3N5S. The molecule has 4 rings (SSSR count). The van der Waals surface area contributed by atoms with Crippen LogP contribution in [0.4, 0.5) is 13.2 Å². The van der Waals surface area contributed by atoms with E-state index in [0.717, 1.165) is 11.6 Å². The molecule has 0 aliphatic heterocycles. The Morgan fingerprint density at radius 2 is 1.93 bits per heavy atom. The molecule has 4 aromatic rings. The minimum atomic E-state index is -4.48. The SMILES string of the molecule is Cc1ncc(-c2cnc3sc(-c4cccc(C#N)c4)nn23)cc1C(F)(F)F. The maximum absolute atomic E-state index is 13.2. The molecule has 0 unspecified atom stereocenters. The van der Waals surface area contributed by atoms with Crippen molar-refractivity contribution in [2.75, 3.05) is 0 Å². The topological polar surface area (TPSA) is 66.9 Å². The lowest BCUT2D eigenvalue weighted by molar-refractivity contribution is -0.138. The van der Waals surface area contributed by atoms with Crippen molar-refractivity contribution in [1.29, 1.82) is 5.26 Å². The molecular weight excluding hydrogens is 375 g/mol. The van der Waals surface area contributed by atoms with Crippen LogP contribution in [0.25, 0.3) is 26.8 Å². The number of aryl methyl sites for hydroxylation is 1. The molecule has 0 saturated carbocycles. The highest BCUT2D eigenvalue weighted by atomic mass is 32.1. The van der Waals surface area contributed by atoms with Crippen molar-refractivity contribution >= 4 is 16.3 Å². The molecule has 0 bridgehead atoms. The molecule has 27 heavy (non-hydrogen) atoms. The zero-order chi connectivity index (χ0) is 19.2. The van der Waals surface area contributed by atoms with Gasteiger partial charge < -0.3 is 0 Å². The van der Waals surface area contributed by atoms with E-state index in [1.807, 2.05) is 6.07 Å². The molecule has 0 radical (unpaired) electrons. The highest BCUT2D eigenvalue weighted by molar-refractivity contribution is 7.19. The van der Waals surface area contributed by atoms with E-state index in [1.54, 1.807) is 18.2 Å². The number of benzene rings is 1. The summed E-state index contributed by atoms with van der Waals surface area (Å²) in [6, 6.07) is 10.1. The average molecular weight is 385 g/mol. The summed E-state index contributed by atoms with van der Waals surface area (Å²) >= 11 is 1.29. The molecule has 0 fully saturated rings. The number of nitriles is 1. The van der Waals surface area contributed by atoms with Gasteiger partial charge in [0.2, 0.25) is 4.96 Å². The Morgan fingerprint density at radius 1 is 1.11 bits per heavy atom. The number of alkyl halides is 3. The van der Waals surface area contributed by atoms with Crippen LogP contribution in [0.15, 0.2) is 42.7 Å². The minimum absolute atomic E-state index is 0.0840. The number of halogens is 3. The number of aromatic nitrogens is 4. The van der Waals surface area contributed by atoms with E-state index in [4.69, 9.17) is 5.26 Å². The third-order valence-corrected chi connectivity index (χ3v) is 4.98. The quantitative estimate of drug-likeness (QED) is 0.501. The van der Waals surface area contributed by atoms with Crippen LogP contribution >= 0.6 is 11.3 Å². The van der Waals surface area contributed by atoms with Crippen molar-refractivity contribution in [3.63, 3.8) is 0 Å². The lowest BCUT2D eigenvalue weighted by atomic mass is 10.1. The summed E-state index contributed by atoms with van der Waals surface area (Å²) in [6.45, 7) is 1.32. The molecule has 0 amide bonds. The first kappa shape index (κ1) is 17.2. The number of fused-ring (bicyclic) bond motifs is 1. The van der Waals surface area contributed by atoms with Crippen LogP contribution in [-0.4, -0.2) is 19.6 Å². The second-order valence-electron chi connectivity index (χ2n) is 5.79. The van der Waals surface area contributed by atoms with E-state index in [9.17, 15) is 13.2 Å². The van der Waals surface area contributed by atoms with E-state index in [2.05, 4.69) is 21.1 Å². The number of rotatable bonds is 2. The standard InChI is InChI=1S/C18H10F3N5S/c1-10-14(18(19,20)21)6-13(8-23-10)15-9-24-17-26(15)25-16(27-17)12-4-2-3-11(5-12)7-22/h2-6,8-9H,1H3. The van der Waals surface area contributed by atoms with Crippen molar-refractivity contribution in [2.24, 2.45) is 0 Å². The Labute approximate surface area is 155 Å². The van der Waals surface area contributed by atoms with Crippen LogP contribution in [0, 0.1) is 18.3 Å². The molecule has 1 aromatic carbocycles. The fourth-order valence-electron chi connectivity index (χ4n) is 2.69. The molecule has 0 aliphatic rings.